The van der Waals surface area contributed by atoms with Gasteiger partial charge in [-0.3, -0.25) is 14.2 Å². The van der Waals surface area contributed by atoms with E-state index >= 15 is 0 Å². The van der Waals surface area contributed by atoms with Crippen molar-refractivity contribution in [3.05, 3.63) is 102 Å². The summed E-state index contributed by atoms with van der Waals surface area (Å²) < 4.78 is 12.2. The summed E-state index contributed by atoms with van der Waals surface area (Å²) in [5.74, 6) is 1.95. The monoisotopic (exact) mass is 937 g/mol. The molecule has 2 saturated heterocycles. The molecule has 362 valence electrons. The number of nitrogens with two attached hydrogens (primary N) is 1. The predicted molar refractivity (Wildman–Crippen MR) is 262 cm³/mol. The maximum Gasteiger partial charge on any atom is 0.407 e. The molecule has 0 aliphatic carbocycles. The molecule has 8 rings (SSSR count). The second-order valence-corrected chi connectivity index (χ2v) is 19.5. The normalized spacial score (nSPS) is 17.5. The van der Waals surface area contributed by atoms with Crippen molar-refractivity contribution in [2.75, 3.05) is 20.2 Å². The fourth-order valence-corrected chi connectivity index (χ4v) is 9.34. The lowest BCUT2D eigenvalue weighted by Crippen LogP contribution is -2.51. The van der Waals surface area contributed by atoms with Gasteiger partial charge < -0.3 is 40.3 Å². The average molecular weight is 938 g/mol. The van der Waals surface area contributed by atoms with E-state index in [1.165, 1.54) is 12.7 Å². The van der Waals surface area contributed by atoms with Gasteiger partial charge in [0.1, 0.15) is 17.7 Å². The average Bonchev–Trinajstić information content (AvgIpc) is 4.21. The minimum atomic E-state index is -0.963. The largest absolute Gasteiger partial charge is 0.453 e. The first-order chi connectivity index (χ1) is 33.1. The molecular weight excluding hydrogens is 875 g/mol. The fraction of sp³-hybridized carbons (Fsp3) is 0.423. The van der Waals surface area contributed by atoms with Crippen LogP contribution in [0.1, 0.15) is 110 Å². The number of hydrogen-bond acceptors (Lipinski definition) is 10. The number of carbonyl (C=O) groups is 4. The Kier molecular flexibility index (Phi) is 14.0. The van der Waals surface area contributed by atoms with Crippen molar-refractivity contribution in [2.45, 2.75) is 110 Å². The lowest BCUT2D eigenvalue weighted by atomic mass is 9.87. The molecule has 5 N–H and O–H groups in total. The van der Waals surface area contributed by atoms with Crippen LogP contribution in [0.15, 0.2) is 85.2 Å². The number of carbonyl (C=O) groups excluding carboxylic acids is 4. The number of alkyl carbamates (subject to hydrolysis) is 1. The summed E-state index contributed by atoms with van der Waals surface area (Å²) in [7, 11) is 1.29. The van der Waals surface area contributed by atoms with Gasteiger partial charge in [-0.05, 0) is 72.3 Å². The van der Waals surface area contributed by atoms with Crippen molar-refractivity contribution < 1.29 is 28.7 Å². The number of likely N-dealkylation sites (tertiary alicyclic amines) is 2. The first kappa shape index (κ1) is 48.2. The van der Waals surface area contributed by atoms with Crippen LogP contribution in [-0.4, -0.2) is 101 Å². The summed E-state index contributed by atoms with van der Waals surface area (Å²) in [6.07, 6.45) is 4.77. The number of imidazole rings is 2. The molecule has 17 nitrogen and oxygen atoms in total. The molecule has 17 heteroatoms. The summed E-state index contributed by atoms with van der Waals surface area (Å²) >= 11 is 0. The van der Waals surface area contributed by atoms with Crippen molar-refractivity contribution in [2.24, 2.45) is 17.6 Å². The zero-order chi connectivity index (χ0) is 49.1. The van der Waals surface area contributed by atoms with E-state index < -0.39 is 24.3 Å². The molecule has 69 heavy (non-hydrogen) atoms. The van der Waals surface area contributed by atoms with Crippen LogP contribution in [-0.2, 0) is 24.5 Å². The van der Waals surface area contributed by atoms with E-state index in [-0.39, 0.29) is 41.1 Å². The summed E-state index contributed by atoms with van der Waals surface area (Å²) in [5.41, 5.74) is 12.6. The summed E-state index contributed by atoms with van der Waals surface area (Å²) in [4.78, 5) is 71.2. The molecule has 3 aromatic carbocycles. The number of aromatic amines is 2. The number of nitrogens with zero attached hydrogens (tertiary/aromatic N) is 7. The summed E-state index contributed by atoms with van der Waals surface area (Å²) in [6.45, 7) is 15.3. The van der Waals surface area contributed by atoms with Crippen LogP contribution in [0.3, 0.4) is 0 Å². The van der Waals surface area contributed by atoms with Crippen LogP contribution in [0.4, 0.5) is 9.59 Å². The molecule has 0 radical (unpaired) electrons. The molecule has 0 bridgehead atoms. The minimum Gasteiger partial charge on any atom is -0.453 e. The molecule has 0 spiro atoms. The van der Waals surface area contributed by atoms with Gasteiger partial charge in [0.25, 0.3) is 5.91 Å². The number of methoxy groups -OCH3 is 1. The number of rotatable bonds is 14. The molecule has 0 saturated carbocycles. The van der Waals surface area contributed by atoms with Crippen LogP contribution >= 0.6 is 0 Å². The first-order valence-electron chi connectivity index (χ1n) is 23.9. The second-order valence-electron chi connectivity index (χ2n) is 19.5. The van der Waals surface area contributed by atoms with Crippen molar-refractivity contribution in [1.29, 1.82) is 0 Å². The third-order valence-corrected chi connectivity index (χ3v) is 13.5. The number of primary amides is 1. The number of aromatic nitrogens is 7. The highest BCUT2D eigenvalue weighted by Crippen LogP contribution is 2.37. The van der Waals surface area contributed by atoms with Gasteiger partial charge in [-0.15, -0.1) is 10.2 Å². The number of benzene rings is 3. The highest BCUT2D eigenvalue weighted by molar-refractivity contribution is 5.86. The third kappa shape index (κ3) is 10.1. The van der Waals surface area contributed by atoms with Crippen LogP contribution in [0.2, 0.25) is 0 Å². The van der Waals surface area contributed by atoms with Crippen LogP contribution in [0, 0.1) is 11.8 Å². The van der Waals surface area contributed by atoms with Crippen molar-refractivity contribution in [1.82, 2.24) is 49.8 Å². The van der Waals surface area contributed by atoms with Crippen LogP contribution < -0.4 is 11.1 Å². The van der Waals surface area contributed by atoms with E-state index in [0.29, 0.717) is 42.8 Å². The lowest BCUT2D eigenvalue weighted by Gasteiger charge is -2.30. The molecular formula is C52H63N11O6. The van der Waals surface area contributed by atoms with Gasteiger partial charge in [-0.2, -0.15) is 0 Å². The van der Waals surface area contributed by atoms with E-state index in [9.17, 15) is 19.2 Å². The number of H-pyrrole nitrogens is 2. The highest BCUT2D eigenvalue weighted by atomic mass is 16.6. The number of nitrogens with one attached hydrogen (secondary N) is 3. The minimum absolute atomic E-state index is 0.0348. The predicted octanol–water partition coefficient (Wildman–Crippen LogP) is 8.90. The van der Waals surface area contributed by atoms with Gasteiger partial charge in [0.15, 0.2) is 17.8 Å². The molecule has 3 aromatic heterocycles. The SMILES string of the molecule is CCC(C)[C@H](OC(N)=O)C(=O)N1CCC[C@H]1c1ncc(-c2ccc(-c3nnc(-c4ccc(-c5cnc([C@@H]6CCCN6C(=O)[C@@H](NC(=O)OC)C(C)C)[nH]5)cc4)n3-c3ccc(C(C)(C)C)cc3)cc2)[nH]1. The Morgan fingerprint density at radius 2 is 1.22 bits per heavy atom. The number of amides is 4. The lowest BCUT2D eigenvalue weighted by molar-refractivity contribution is -0.144. The first-order valence-corrected chi connectivity index (χ1v) is 23.9. The molecule has 6 aromatic rings. The van der Waals surface area contributed by atoms with Crippen molar-refractivity contribution in [3.63, 3.8) is 0 Å². The molecule has 4 amide bonds. The Bertz CT molecular complexity index is 2770. The highest BCUT2D eigenvalue weighted by Gasteiger charge is 2.40. The van der Waals surface area contributed by atoms with Crippen LogP contribution in [0.5, 0.6) is 0 Å². The zero-order valence-corrected chi connectivity index (χ0v) is 40.7. The van der Waals surface area contributed by atoms with E-state index in [0.717, 1.165) is 65.0 Å². The molecule has 2 aliphatic heterocycles. The van der Waals surface area contributed by atoms with Gasteiger partial charge in [0.2, 0.25) is 5.91 Å². The summed E-state index contributed by atoms with van der Waals surface area (Å²) in [5, 5.41) is 12.3. The molecule has 1 unspecified atom stereocenters. The van der Waals surface area contributed by atoms with Gasteiger partial charge in [-0.1, -0.05) is 109 Å². The zero-order valence-electron chi connectivity index (χ0n) is 40.7. The molecule has 5 atom stereocenters. The molecule has 5 heterocycles. The maximum atomic E-state index is 13.7. The Hall–Kier alpha value is -7.30. The van der Waals surface area contributed by atoms with E-state index in [1.807, 2.05) is 76.2 Å². The van der Waals surface area contributed by atoms with Gasteiger partial charge in [0, 0.05) is 35.8 Å². The standard InChI is InChI=1S/C52H63N11O6/c1-9-31(4)43(69-50(53)66)49(65)62-27-11-13-41(62)45-55-29-39(57-45)33-16-20-35(21-17-33)47-60-59-46(63(47)37-24-22-36(23-25-37)52(5,6)7)34-18-14-32(15-19-34)38-28-54-44(56-38)40-12-10-26-61(40)48(64)42(30(2)3)58-51(67)68-8/h14-25,28-31,40-43H,9-13,26-27H2,1-8H3,(H2,53,66)(H,54,56)(H,55,57)(H,58,67)/t31?,40-,41-,42-,43-/m0/s1. The van der Waals surface area contributed by atoms with Crippen molar-refractivity contribution in [3.8, 4) is 51.0 Å². The Balaban J connectivity index is 1.04. The van der Waals surface area contributed by atoms with E-state index in [1.54, 1.807) is 22.2 Å². The third-order valence-electron chi connectivity index (χ3n) is 13.5. The van der Waals surface area contributed by atoms with E-state index in [2.05, 4.69) is 64.9 Å². The Morgan fingerprint density at radius 1 is 0.739 bits per heavy atom. The van der Waals surface area contributed by atoms with Crippen molar-refractivity contribution >= 4 is 24.0 Å². The van der Waals surface area contributed by atoms with E-state index in [4.69, 9.17) is 35.4 Å². The Morgan fingerprint density at radius 3 is 1.65 bits per heavy atom. The number of hydrogen-bond donors (Lipinski definition) is 4. The smallest absolute Gasteiger partial charge is 0.407 e. The molecule has 2 aliphatic rings. The van der Waals surface area contributed by atoms with Crippen LogP contribution in [0.25, 0.3) is 51.0 Å². The number of ether oxygens (including phenoxy) is 2. The second kappa shape index (κ2) is 20.1. The van der Waals surface area contributed by atoms with Gasteiger partial charge in [-0.25, -0.2) is 19.6 Å². The maximum absolute atomic E-state index is 13.7. The quantitative estimate of drug-likeness (QED) is 0.0813. The summed E-state index contributed by atoms with van der Waals surface area (Å²) in [6, 6.07) is 23.4. The topological polar surface area (TPSA) is 219 Å². The van der Waals surface area contributed by atoms with Gasteiger partial charge in [0.05, 0.1) is 43.0 Å². The van der Waals surface area contributed by atoms with Gasteiger partial charge >= 0.3 is 12.2 Å². The molecule has 2 fully saturated rings. The Labute approximate surface area is 402 Å². The fourth-order valence-electron chi connectivity index (χ4n) is 9.34.